The number of hydrogen-bond donors (Lipinski definition) is 5. The number of anilines is 1. The summed E-state index contributed by atoms with van der Waals surface area (Å²) < 4.78 is 27.9. The SMILES string of the molecule is O=C(NC(C(=O)O)C1(O)CCN(C(=O)NCCCc2ccc3c(n2)NCCC3)CC1)c1c(F)cccc1F. The predicted octanol–water partition coefficient (Wildman–Crippen LogP) is 2.07. The Balaban J connectivity index is 1.26. The molecule has 204 valence electrons. The molecule has 0 aliphatic carbocycles. The summed E-state index contributed by atoms with van der Waals surface area (Å²) in [6.07, 6.45) is 3.17. The van der Waals surface area contributed by atoms with Crippen LogP contribution in [0.3, 0.4) is 0 Å². The molecule has 1 aromatic carbocycles. The van der Waals surface area contributed by atoms with E-state index < -0.39 is 40.7 Å². The first-order valence-electron chi connectivity index (χ1n) is 12.6. The molecule has 0 radical (unpaired) electrons. The zero-order chi connectivity index (χ0) is 27.3. The topological polar surface area (TPSA) is 144 Å². The highest BCUT2D eigenvalue weighted by atomic mass is 19.1. The van der Waals surface area contributed by atoms with Crippen molar-refractivity contribution in [1.29, 1.82) is 0 Å². The first-order chi connectivity index (χ1) is 18.2. The molecule has 10 nitrogen and oxygen atoms in total. The van der Waals surface area contributed by atoms with E-state index in [0.29, 0.717) is 19.4 Å². The third-order valence-corrected chi connectivity index (χ3v) is 7.00. The predicted molar refractivity (Wildman–Crippen MR) is 134 cm³/mol. The summed E-state index contributed by atoms with van der Waals surface area (Å²) in [6, 6.07) is 4.73. The van der Waals surface area contributed by atoms with E-state index in [2.05, 4.69) is 21.7 Å². The van der Waals surface area contributed by atoms with Gasteiger partial charge in [0, 0.05) is 31.9 Å². The summed E-state index contributed by atoms with van der Waals surface area (Å²) in [5.41, 5.74) is -0.692. The third-order valence-electron chi connectivity index (χ3n) is 7.00. The number of hydrogen-bond acceptors (Lipinski definition) is 6. The lowest BCUT2D eigenvalue weighted by atomic mass is 9.84. The number of carboxylic acid groups (broad SMARTS) is 1. The van der Waals surface area contributed by atoms with Crippen molar-refractivity contribution in [2.45, 2.75) is 50.2 Å². The molecule has 12 heteroatoms. The molecule has 0 bridgehead atoms. The second-order valence-corrected chi connectivity index (χ2v) is 9.61. The van der Waals surface area contributed by atoms with Crippen molar-refractivity contribution in [2.24, 2.45) is 0 Å². The Bertz CT molecular complexity index is 1180. The summed E-state index contributed by atoms with van der Waals surface area (Å²) in [6.45, 7) is 1.39. The Labute approximate surface area is 218 Å². The number of aromatic nitrogens is 1. The van der Waals surface area contributed by atoms with E-state index in [-0.39, 0.29) is 32.0 Å². The van der Waals surface area contributed by atoms with E-state index in [9.17, 15) is 33.4 Å². The van der Waals surface area contributed by atoms with Crippen LogP contribution in [0.2, 0.25) is 0 Å². The molecular formula is C26H31F2N5O5. The van der Waals surface area contributed by atoms with Crippen LogP contribution in [0.1, 0.15) is 47.3 Å². The lowest BCUT2D eigenvalue weighted by Gasteiger charge is -2.41. The Morgan fingerprint density at radius 1 is 1.13 bits per heavy atom. The minimum Gasteiger partial charge on any atom is -0.480 e. The first-order valence-corrected chi connectivity index (χ1v) is 12.6. The third kappa shape index (κ3) is 6.18. The van der Waals surface area contributed by atoms with Gasteiger partial charge >= 0.3 is 12.0 Å². The number of rotatable bonds is 8. The Kier molecular flexibility index (Phi) is 8.40. The van der Waals surface area contributed by atoms with E-state index in [4.69, 9.17) is 0 Å². The number of carbonyl (C=O) groups excluding carboxylic acids is 2. The van der Waals surface area contributed by atoms with Crippen molar-refractivity contribution >= 4 is 23.7 Å². The number of nitrogens with one attached hydrogen (secondary N) is 3. The van der Waals surface area contributed by atoms with Gasteiger partial charge in [0.25, 0.3) is 5.91 Å². The number of likely N-dealkylation sites (tertiary alicyclic amines) is 1. The summed E-state index contributed by atoms with van der Waals surface area (Å²) in [7, 11) is 0. The van der Waals surface area contributed by atoms with Crippen molar-refractivity contribution < 1.29 is 33.4 Å². The average molecular weight is 532 g/mol. The number of pyridine rings is 1. The van der Waals surface area contributed by atoms with E-state index in [1.165, 1.54) is 10.5 Å². The fourth-order valence-corrected chi connectivity index (χ4v) is 4.81. The van der Waals surface area contributed by atoms with Crippen LogP contribution in [-0.4, -0.2) is 75.8 Å². The van der Waals surface area contributed by atoms with Gasteiger partial charge in [0.05, 0.1) is 5.60 Å². The number of nitrogens with zero attached hydrogens (tertiary/aromatic N) is 2. The number of piperidine rings is 1. The second-order valence-electron chi connectivity index (χ2n) is 9.61. The molecule has 5 N–H and O–H groups in total. The number of aliphatic carboxylic acids is 1. The van der Waals surface area contributed by atoms with Crippen LogP contribution in [0, 0.1) is 11.6 Å². The highest BCUT2D eigenvalue weighted by Gasteiger charge is 2.46. The van der Waals surface area contributed by atoms with Crippen molar-refractivity contribution in [1.82, 2.24) is 20.5 Å². The smallest absolute Gasteiger partial charge is 0.329 e. The number of aryl methyl sites for hydroxylation is 2. The molecule has 1 saturated heterocycles. The zero-order valence-corrected chi connectivity index (χ0v) is 20.8. The molecule has 0 spiro atoms. The quantitative estimate of drug-likeness (QED) is 0.328. The summed E-state index contributed by atoms with van der Waals surface area (Å²) in [5, 5.41) is 28.8. The first kappa shape index (κ1) is 27.2. The zero-order valence-electron chi connectivity index (χ0n) is 20.8. The molecule has 2 aromatic rings. The average Bonchev–Trinajstić information content (AvgIpc) is 2.89. The number of amides is 3. The number of halogens is 2. The summed E-state index contributed by atoms with van der Waals surface area (Å²) in [4.78, 5) is 43.0. The van der Waals surface area contributed by atoms with E-state index >= 15 is 0 Å². The minimum atomic E-state index is -1.91. The second kappa shape index (κ2) is 11.7. The van der Waals surface area contributed by atoms with Gasteiger partial charge in [-0.3, -0.25) is 4.79 Å². The van der Waals surface area contributed by atoms with Crippen molar-refractivity contribution in [3.63, 3.8) is 0 Å². The van der Waals surface area contributed by atoms with Crippen molar-refractivity contribution in [3.8, 4) is 0 Å². The maximum atomic E-state index is 14.0. The highest BCUT2D eigenvalue weighted by Crippen LogP contribution is 2.27. The number of aliphatic hydroxyl groups is 1. The molecule has 1 atom stereocenters. The molecule has 3 amide bonds. The molecule has 1 unspecified atom stereocenters. The van der Waals surface area contributed by atoms with Crippen molar-refractivity contribution in [2.75, 3.05) is 31.5 Å². The van der Waals surface area contributed by atoms with Gasteiger partial charge in [-0.25, -0.2) is 23.4 Å². The van der Waals surface area contributed by atoms with Gasteiger partial charge in [-0.1, -0.05) is 12.1 Å². The number of fused-ring (bicyclic) bond motifs is 1. The fraction of sp³-hybridized carbons (Fsp3) is 0.462. The lowest BCUT2D eigenvalue weighted by molar-refractivity contribution is -0.149. The number of carboxylic acids is 1. The standard InChI is InChI=1S/C26H31F2N5O5/c27-18-6-1-7-19(28)20(18)23(34)32-21(24(35)36)26(38)10-14-33(15-11-26)25(37)30-13-3-5-17-9-8-16-4-2-12-29-22(16)31-17/h1,6-9,21,38H,2-5,10-15H2,(H,29,31)(H,30,37)(H,32,34)(H,35,36). The van der Waals surface area contributed by atoms with Crippen LogP contribution in [-0.2, 0) is 17.6 Å². The van der Waals surface area contributed by atoms with Crippen LogP contribution in [0.25, 0.3) is 0 Å². The Morgan fingerprint density at radius 2 is 1.84 bits per heavy atom. The van der Waals surface area contributed by atoms with Crippen LogP contribution >= 0.6 is 0 Å². The van der Waals surface area contributed by atoms with Gasteiger partial charge in [-0.2, -0.15) is 0 Å². The molecule has 2 aliphatic rings. The van der Waals surface area contributed by atoms with Gasteiger partial charge in [0.1, 0.15) is 23.0 Å². The molecule has 4 rings (SSSR count). The monoisotopic (exact) mass is 531 g/mol. The van der Waals surface area contributed by atoms with E-state index in [0.717, 1.165) is 49.1 Å². The molecule has 1 aromatic heterocycles. The molecule has 0 saturated carbocycles. The van der Waals surface area contributed by atoms with Crippen molar-refractivity contribution in [3.05, 3.63) is 58.8 Å². The normalized spacial score (nSPS) is 17.1. The molecule has 3 heterocycles. The van der Waals surface area contributed by atoms with Gasteiger partial charge < -0.3 is 31.1 Å². The van der Waals surface area contributed by atoms with Crippen LogP contribution in [0.15, 0.2) is 30.3 Å². The van der Waals surface area contributed by atoms with E-state index in [1.807, 2.05) is 11.4 Å². The van der Waals surface area contributed by atoms with E-state index in [1.54, 1.807) is 0 Å². The van der Waals surface area contributed by atoms with Gasteiger partial charge in [-0.15, -0.1) is 0 Å². The summed E-state index contributed by atoms with van der Waals surface area (Å²) in [5.74, 6) is -4.21. The highest BCUT2D eigenvalue weighted by molar-refractivity contribution is 5.97. The Hall–Kier alpha value is -3.80. The molecule has 1 fully saturated rings. The molecule has 2 aliphatic heterocycles. The maximum Gasteiger partial charge on any atom is 0.329 e. The van der Waals surface area contributed by atoms with Crippen LogP contribution < -0.4 is 16.0 Å². The summed E-state index contributed by atoms with van der Waals surface area (Å²) >= 11 is 0. The molecule has 38 heavy (non-hydrogen) atoms. The minimum absolute atomic E-state index is 0.0358. The van der Waals surface area contributed by atoms with Gasteiger partial charge in [-0.05, 0) is 62.3 Å². The van der Waals surface area contributed by atoms with Gasteiger partial charge in [0.2, 0.25) is 0 Å². The lowest BCUT2D eigenvalue weighted by Crippen LogP contribution is -2.62. The Morgan fingerprint density at radius 3 is 2.53 bits per heavy atom. The van der Waals surface area contributed by atoms with Gasteiger partial charge in [0.15, 0.2) is 6.04 Å². The maximum absolute atomic E-state index is 14.0. The van der Waals surface area contributed by atoms with Crippen LogP contribution in [0.5, 0.6) is 0 Å². The number of urea groups is 1. The largest absolute Gasteiger partial charge is 0.480 e. The number of carbonyl (C=O) groups is 3. The fourth-order valence-electron chi connectivity index (χ4n) is 4.81. The molecular weight excluding hydrogens is 500 g/mol. The number of benzene rings is 1. The van der Waals surface area contributed by atoms with Crippen LogP contribution in [0.4, 0.5) is 19.4 Å².